The number of ether oxygens (including phenoxy) is 1. The van der Waals surface area contributed by atoms with Crippen LogP contribution in [-0.4, -0.2) is 29.6 Å². The normalized spacial score (nSPS) is 10.9. The van der Waals surface area contributed by atoms with E-state index in [1.807, 2.05) is 80.7 Å². The zero-order valence-corrected chi connectivity index (χ0v) is 25.9. The molecule has 0 aliphatic carbocycles. The van der Waals surface area contributed by atoms with Crippen LogP contribution in [0, 0.1) is 20.8 Å². The Bertz CT molecular complexity index is 1820. The van der Waals surface area contributed by atoms with Gasteiger partial charge >= 0.3 is 0 Å². The van der Waals surface area contributed by atoms with E-state index in [2.05, 4.69) is 26.1 Å². The van der Waals surface area contributed by atoms with Crippen LogP contribution in [0.3, 0.4) is 0 Å². The maximum Gasteiger partial charge on any atom is 0.271 e. The molecule has 0 bridgehead atoms. The molecule has 0 radical (unpaired) electrons. The topological polar surface area (TPSA) is 105 Å². The smallest absolute Gasteiger partial charge is 0.271 e. The summed E-state index contributed by atoms with van der Waals surface area (Å²) < 4.78 is 5.60. The number of anilines is 3. The summed E-state index contributed by atoms with van der Waals surface area (Å²) in [7, 11) is 0. The molecule has 3 N–H and O–H groups in total. The lowest BCUT2D eigenvalue weighted by atomic mass is 10.1. The second-order valence-electron chi connectivity index (χ2n) is 10.2. The highest BCUT2D eigenvalue weighted by Crippen LogP contribution is 2.28. The molecule has 0 atom stereocenters. The maximum absolute atomic E-state index is 12.6. The van der Waals surface area contributed by atoms with Crippen molar-refractivity contribution in [2.75, 3.05) is 17.2 Å². The minimum atomic E-state index is -0.353. The number of benzene rings is 4. The van der Waals surface area contributed by atoms with Crippen molar-refractivity contribution in [3.05, 3.63) is 123 Å². The molecule has 0 aliphatic rings. The lowest BCUT2D eigenvalue weighted by molar-refractivity contribution is -0.118. The van der Waals surface area contributed by atoms with E-state index in [1.54, 1.807) is 30.3 Å². The number of halogens is 1. The average Bonchev–Trinajstić information content (AvgIpc) is 3.48. The first-order chi connectivity index (χ1) is 21.2. The van der Waals surface area contributed by atoms with Gasteiger partial charge in [-0.3, -0.25) is 9.59 Å². The number of hydrogen-bond donors (Lipinski definition) is 3. The number of rotatable bonds is 10. The van der Waals surface area contributed by atoms with Crippen molar-refractivity contribution in [2.24, 2.45) is 5.10 Å². The van der Waals surface area contributed by atoms with Crippen LogP contribution in [0.2, 0.25) is 5.02 Å². The van der Waals surface area contributed by atoms with Crippen molar-refractivity contribution in [2.45, 2.75) is 20.8 Å². The Morgan fingerprint density at radius 1 is 0.932 bits per heavy atom. The van der Waals surface area contributed by atoms with E-state index in [-0.39, 0.29) is 18.4 Å². The van der Waals surface area contributed by atoms with Gasteiger partial charge in [0.25, 0.3) is 11.8 Å². The van der Waals surface area contributed by atoms with E-state index in [0.717, 1.165) is 38.9 Å². The van der Waals surface area contributed by atoms with Crippen LogP contribution >= 0.6 is 22.9 Å². The number of hydrogen-bond acceptors (Lipinski definition) is 7. The Hall–Kier alpha value is -4.99. The maximum atomic E-state index is 12.6. The van der Waals surface area contributed by atoms with Crippen LogP contribution in [0.1, 0.15) is 32.6 Å². The Morgan fingerprint density at radius 3 is 2.41 bits per heavy atom. The van der Waals surface area contributed by atoms with E-state index in [1.165, 1.54) is 23.1 Å². The Balaban J connectivity index is 1.11. The van der Waals surface area contributed by atoms with Gasteiger partial charge in [-0.1, -0.05) is 59.1 Å². The lowest BCUT2D eigenvalue weighted by Gasteiger charge is -2.11. The van der Waals surface area contributed by atoms with Crippen molar-refractivity contribution >= 4 is 57.5 Å². The molecule has 5 rings (SSSR count). The number of nitrogens with zero attached hydrogens (tertiary/aromatic N) is 2. The van der Waals surface area contributed by atoms with Gasteiger partial charge in [0.2, 0.25) is 0 Å². The molecule has 44 heavy (non-hydrogen) atoms. The Morgan fingerprint density at radius 2 is 1.68 bits per heavy atom. The molecule has 10 heteroatoms. The third-order valence-corrected chi connectivity index (χ3v) is 7.65. The quantitative estimate of drug-likeness (QED) is 0.108. The third kappa shape index (κ3) is 8.09. The fourth-order valence-electron chi connectivity index (χ4n) is 4.24. The molecule has 4 aromatic carbocycles. The van der Waals surface area contributed by atoms with Crippen molar-refractivity contribution in [1.82, 2.24) is 10.4 Å². The molecule has 0 spiro atoms. The van der Waals surface area contributed by atoms with Crippen LogP contribution in [-0.2, 0) is 4.79 Å². The zero-order valence-electron chi connectivity index (χ0n) is 24.4. The van der Waals surface area contributed by atoms with Crippen LogP contribution in [0.4, 0.5) is 16.5 Å². The highest BCUT2D eigenvalue weighted by molar-refractivity contribution is 7.14. The highest BCUT2D eigenvalue weighted by Gasteiger charge is 2.10. The minimum Gasteiger partial charge on any atom is -0.482 e. The van der Waals surface area contributed by atoms with Gasteiger partial charge in [-0.2, -0.15) is 5.10 Å². The van der Waals surface area contributed by atoms with Crippen molar-refractivity contribution in [3.63, 3.8) is 0 Å². The number of thiazole rings is 1. The zero-order chi connectivity index (χ0) is 31.1. The van der Waals surface area contributed by atoms with Gasteiger partial charge in [-0.05, 0) is 80.4 Å². The minimum absolute atomic E-state index is 0.191. The van der Waals surface area contributed by atoms with Crippen LogP contribution < -0.4 is 20.8 Å². The number of hydrazone groups is 1. The fraction of sp³-hybridized carbons (Fsp3) is 0.118. The van der Waals surface area contributed by atoms with E-state index in [4.69, 9.17) is 16.3 Å². The molecule has 8 nitrogen and oxygen atoms in total. The number of amides is 2. The molecule has 5 aromatic rings. The van der Waals surface area contributed by atoms with Crippen molar-refractivity contribution in [1.29, 1.82) is 0 Å². The molecular formula is C34H30ClN5O3S. The molecule has 1 heterocycles. The average molecular weight is 624 g/mol. The third-order valence-electron chi connectivity index (χ3n) is 6.60. The Kier molecular flexibility index (Phi) is 9.69. The first-order valence-electron chi connectivity index (χ1n) is 13.8. The van der Waals surface area contributed by atoms with E-state index in [0.29, 0.717) is 21.9 Å². The first kappa shape index (κ1) is 30.5. The molecule has 222 valence electrons. The van der Waals surface area contributed by atoms with Crippen molar-refractivity contribution in [3.8, 4) is 17.0 Å². The van der Waals surface area contributed by atoms with Crippen molar-refractivity contribution < 1.29 is 14.3 Å². The summed E-state index contributed by atoms with van der Waals surface area (Å²) in [6.07, 6.45) is 1.48. The van der Waals surface area contributed by atoms with Gasteiger partial charge in [0.15, 0.2) is 11.7 Å². The lowest BCUT2D eigenvalue weighted by Crippen LogP contribution is -2.20. The number of aromatic nitrogens is 1. The standard InChI is InChI=1S/C34H30ClN5O3S/c1-21-4-12-27(13-5-21)37-34-39-30(20-44-34)25-8-10-26(11-9-25)33(42)40-36-18-24-7-15-31(28(35)17-24)43-19-32(41)38-29-14-6-22(2)16-23(29)3/h4-18,20H,19H2,1-3H3,(H,37,39)(H,38,41)(H,40,42)/b36-18+. The van der Waals surface area contributed by atoms with Crippen LogP contribution in [0.25, 0.3) is 11.3 Å². The molecule has 0 saturated carbocycles. The second-order valence-corrected chi connectivity index (χ2v) is 11.4. The SMILES string of the molecule is Cc1ccc(Nc2nc(-c3ccc(C(=O)N/N=C/c4ccc(OCC(=O)Nc5ccc(C)cc5C)c(Cl)c4)cc3)cs2)cc1. The van der Waals surface area contributed by atoms with Crippen LogP contribution in [0.15, 0.2) is 95.4 Å². The largest absolute Gasteiger partial charge is 0.482 e. The summed E-state index contributed by atoms with van der Waals surface area (Å²) in [6.45, 7) is 5.79. The monoisotopic (exact) mass is 623 g/mol. The molecule has 0 aliphatic heterocycles. The molecule has 0 saturated heterocycles. The summed E-state index contributed by atoms with van der Waals surface area (Å²) >= 11 is 7.87. The van der Waals surface area contributed by atoms with Gasteiger partial charge in [0, 0.05) is 27.9 Å². The second kappa shape index (κ2) is 14.0. The van der Waals surface area contributed by atoms with Gasteiger partial charge in [0.05, 0.1) is 16.9 Å². The summed E-state index contributed by atoms with van der Waals surface area (Å²) in [5.41, 5.74) is 10.4. The number of aryl methyl sites for hydroxylation is 3. The number of carbonyl (C=O) groups excluding carboxylic acids is 2. The number of carbonyl (C=O) groups is 2. The highest BCUT2D eigenvalue weighted by atomic mass is 35.5. The number of nitrogens with one attached hydrogen (secondary N) is 3. The fourth-order valence-corrected chi connectivity index (χ4v) is 5.23. The predicted molar refractivity (Wildman–Crippen MR) is 179 cm³/mol. The van der Waals surface area contributed by atoms with E-state index < -0.39 is 0 Å². The summed E-state index contributed by atoms with van der Waals surface area (Å²) in [4.78, 5) is 29.6. The summed E-state index contributed by atoms with van der Waals surface area (Å²) in [5, 5.41) is 13.3. The first-order valence-corrected chi connectivity index (χ1v) is 15.0. The van der Waals surface area contributed by atoms with Gasteiger partial charge < -0.3 is 15.4 Å². The summed E-state index contributed by atoms with van der Waals surface area (Å²) in [5.74, 6) is -0.281. The Labute approximate surface area is 264 Å². The van der Waals surface area contributed by atoms with Crippen LogP contribution in [0.5, 0.6) is 5.75 Å². The van der Waals surface area contributed by atoms with Gasteiger partial charge in [0.1, 0.15) is 5.75 Å². The summed E-state index contributed by atoms with van der Waals surface area (Å²) in [6, 6.07) is 26.1. The molecule has 2 amide bonds. The van der Waals surface area contributed by atoms with E-state index in [9.17, 15) is 9.59 Å². The molecule has 0 unspecified atom stereocenters. The molecule has 1 aromatic heterocycles. The molecule has 0 fully saturated rings. The molecular weight excluding hydrogens is 594 g/mol. The van der Waals surface area contributed by atoms with Gasteiger partial charge in [-0.15, -0.1) is 11.3 Å². The van der Waals surface area contributed by atoms with Gasteiger partial charge in [-0.25, -0.2) is 10.4 Å². The predicted octanol–water partition coefficient (Wildman–Crippen LogP) is 7.91. The van der Waals surface area contributed by atoms with E-state index >= 15 is 0 Å².